The minimum absolute atomic E-state index is 0.0101. The maximum Gasteiger partial charge on any atom is 0.262 e. The molecule has 0 radical (unpaired) electrons. The Morgan fingerprint density at radius 2 is 1.85 bits per heavy atom. The molecule has 0 aromatic heterocycles. The van der Waals surface area contributed by atoms with Crippen molar-refractivity contribution in [2.45, 2.75) is 13.2 Å². The van der Waals surface area contributed by atoms with Crippen LogP contribution in [0.2, 0.25) is 0 Å². The number of hydrogen-bond acceptors (Lipinski definition) is 5. The Hall–Kier alpha value is -3.82. The zero-order valence-corrected chi connectivity index (χ0v) is 20.0. The number of nitrogens with zero attached hydrogens (tertiary/aromatic N) is 2. The van der Waals surface area contributed by atoms with Crippen LogP contribution in [0.5, 0.6) is 11.5 Å². The predicted molar refractivity (Wildman–Crippen MR) is 133 cm³/mol. The van der Waals surface area contributed by atoms with Gasteiger partial charge < -0.3 is 14.8 Å². The summed E-state index contributed by atoms with van der Waals surface area (Å²) in [5.74, 6) is 0.943. The molecule has 3 aromatic carbocycles. The van der Waals surface area contributed by atoms with Gasteiger partial charge in [-0.2, -0.15) is 10.5 Å². The third kappa shape index (κ3) is 6.58. The van der Waals surface area contributed by atoms with Gasteiger partial charge in [0, 0.05) is 12.1 Å². The van der Waals surface area contributed by atoms with Crippen LogP contribution in [0.3, 0.4) is 0 Å². The summed E-state index contributed by atoms with van der Waals surface area (Å²) in [6, 6.07) is 24.1. The number of rotatable bonds is 8. The van der Waals surface area contributed by atoms with Gasteiger partial charge in [-0.15, -0.1) is 0 Å². The number of carbonyl (C=O) groups is 1. The van der Waals surface area contributed by atoms with E-state index in [4.69, 9.17) is 9.47 Å². The lowest BCUT2D eigenvalue weighted by molar-refractivity contribution is -0.117. The number of benzene rings is 3. The number of carbonyl (C=O) groups excluding carboxylic acids is 1. The van der Waals surface area contributed by atoms with Crippen LogP contribution in [0.15, 0.2) is 72.3 Å². The van der Waals surface area contributed by atoms with E-state index in [-0.39, 0.29) is 12.2 Å². The lowest BCUT2D eigenvalue weighted by atomic mass is 10.1. The maximum absolute atomic E-state index is 12.5. The Labute approximate surface area is 206 Å². The van der Waals surface area contributed by atoms with E-state index >= 15 is 0 Å². The molecule has 33 heavy (non-hydrogen) atoms. The first-order chi connectivity index (χ1) is 16.0. The molecule has 1 N–H and O–H groups in total. The van der Waals surface area contributed by atoms with Crippen LogP contribution in [0.25, 0.3) is 6.08 Å². The van der Waals surface area contributed by atoms with Crippen molar-refractivity contribution < 1.29 is 14.3 Å². The number of hydrogen-bond donors (Lipinski definition) is 1. The summed E-state index contributed by atoms with van der Waals surface area (Å²) in [6.07, 6.45) is 1.54. The zero-order valence-electron chi connectivity index (χ0n) is 17.8. The van der Waals surface area contributed by atoms with E-state index in [1.54, 1.807) is 31.4 Å². The van der Waals surface area contributed by atoms with Crippen molar-refractivity contribution in [2.75, 3.05) is 7.11 Å². The summed E-state index contributed by atoms with van der Waals surface area (Å²) in [5, 5.41) is 21.4. The van der Waals surface area contributed by atoms with Crippen LogP contribution >= 0.6 is 22.6 Å². The minimum Gasteiger partial charge on any atom is -0.497 e. The normalized spacial score (nSPS) is 10.6. The van der Waals surface area contributed by atoms with Crippen LogP contribution in [0.4, 0.5) is 0 Å². The topological polar surface area (TPSA) is 95.1 Å². The van der Waals surface area contributed by atoms with Gasteiger partial charge in [0.2, 0.25) is 0 Å². The Kier molecular flexibility index (Phi) is 8.45. The molecule has 0 saturated heterocycles. The fraction of sp³-hybridized carbons (Fsp3) is 0.115. The van der Waals surface area contributed by atoms with Crippen molar-refractivity contribution in [1.29, 1.82) is 10.5 Å². The molecule has 6 nitrogen and oxygen atoms in total. The number of halogens is 1. The highest BCUT2D eigenvalue weighted by Gasteiger charge is 2.10. The third-order valence-corrected chi connectivity index (χ3v) is 5.61. The van der Waals surface area contributed by atoms with E-state index in [1.807, 2.05) is 54.6 Å². The van der Waals surface area contributed by atoms with Crippen molar-refractivity contribution in [1.82, 2.24) is 5.32 Å². The molecule has 7 heteroatoms. The zero-order chi connectivity index (χ0) is 23.6. The van der Waals surface area contributed by atoms with Gasteiger partial charge in [-0.25, -0.2) is 0 Å². The molecule has 0 heterocycles. The summed E-state index contributed by atoms with van der Waals surface area (Å²) in [4.78, 5) is 12.5. The minimum atomic E-state index is -0.447. The average Bonchev–Trinajstić information content (AvgIpc) is 2.85. The van der Waals surface area contributed by atoms with Crippen molar-refractivity contribution in [3.63, 3.8) is 0 Å². The lowest BCUT2D eigenvalue weighted by Crippen LogP contribution is -2.23. The first-order valence-electron chi connectivity index (χ1n) is 9.97. The van der Waals surface area contributed by atoms with Crippen LogP contribution in [-0.2, 0) is 17.9 Å². The highest BCUT2D eigenvalue weighted by molar-refractivity contribution is 14.1. The predicted octanol–water partition coefficient (Wildman–Crippen LogP) is 4.97. The number of ether oxygens (including phenoxy) is 2. The third-order valence-electron chi connectivity index (χ3n) is 4.77. The fourth-order valence-corrected chi connectivity index (χ4v) is 3.67. The van der Waals surface area contributed by atoms with Crippen molar-refractivity contribution in [2.24, 2.45) is 0 Å². The summed E-state index contributed by atoms with van der Waals surface area (Å²) in [5.41, 5.74) is 3.00. The SMILES string of the molecule is COc1ccc(CNC(=O)/C(C#N)=C\c2ccc(OCc3ccccc3C#N)c(I)c2)cc1. The fourth-order valence-electron chi connectivity index (χ4n) is 2.97. The summed E-state index contributed by atoms with van der Waals surface area (Å²) < 4.78 is 11.8. The van der Waals surface area contributed by atoms with E-state index in [0.717, 1.165) is 20.4 Å². The molecule has 3 rings (SSSR count). The smallest absolute Gasteiger partial charge is 0.262 e. The largest absolute Gasteiger partial charge is 0.497 e. The molecule has 0 aliphatic rings. The van der Waals surface area contributed by atoms with Gasteiger partial charge in [0.1, 0.15) is 29.7 Å². The van der Waals surface area contributed by atoms with Crippen LogP contribution in [-0.4, -0.2) is 13.0 Å². The Balaban J connectivity index is 1.65. The molecule has 1 amide bonds. The Morgan fingerprint density at radius 1 is 1.09 bits per heavy atom. The Morgan fingerprint density at radius 3 is 2.52 bits per heavy atom. The second kappa shape index (κ2) is 11.7. The molecule has 0 unspecified atom stereocenters. The van der Waals surface area contributed by atoms with Crippen LogP contribution in [0, 0.1) is 26.2 Å². The number of nitriles is 2. The van der Waals surface area contributed by atoms with Gasteiger partial charge >= 0.3 is 0 Å². The van der Waals surface area contributed by atoms with Crippen LogP contribution < -0.4 is 14.8 Å². The lowest BCUT2D eigenvalue weighted by Gasteiger charge is -2.10. The number of nitrogens with one attached hydrogen (secondary N) is 1. The van der Waals surface area contributed by atoms with Crippen molar-refractivity contribution >= 4 is 34.6 Å². The number of amides is 1. The molecule has 0 spiro atoms. The van der Waals surface area contributed by atoms with Crippen LogP contribution in [0.1, 0.15) is 22.3 Å². The molecule has 0 fully saturated rings. The van der Waals surface area contributed by atoms with Gasteiger partial charge in [0.15, 0.2) is 0 Å². The summed E-state index contributed by atoms with van der Waals surface area (Å²) in [6.45, 7) is 0.572. The first kappa shape index (κ1) is 23.8. The highest BCUT2D eigenvalue weighted by Crippen LogP contribution is 2.25. The van der Waals surface area contributed by atoms with E-state index in [1.165, 1.54) is 0 Å². The second-order valence-electron chi connectivity index (χ2n) is 6.95. The quantitative estimate of drug-likeness (QED) is 0.243. The molecule has 0 aliphatic heterocycles. The highest BCUT2D eigenvalue weighted by atomic mass is 127. The summed E-state index contributed by atoms with van der Waals surface area (Å²) in [7, 11) is 1.59. The van der Waals surface area contributed by atoms with E-state index in [2.05, 4.69) is 34.0 Å². The van der Waals surface area contributed by atoms with Crippen molar-refractivity contribution in [3.8, 4) is 23.6 Å². The average molecular weight is 549 g/mol. The van der Waals surface area contributed by atoms with Gasteiger partial charge in [0.25, 0.3) is 5.91 Å². The molecular formula is C26H20IN3O3. The van der Waals surface area contributed by atoms with E-state index in [0.29, 0.717) is 23.4 Å². The first-order valence-corrected chi connectivity index (χ1v) is 11.0. The van der Waals surface area contributed by atoms with E-state index < -0.39 is 5.91 Å². The van der Waals surface area contributed by atoms with Gasteiger partial charge in [-0.3, -0.25) is 4.79 Å². The van der Waals surface area contributed by atoms with Gasteiger partial charge in [0.05, 0.1) is 22.3 Å². The summed E-state index contributed by atoms with van der Waals surface area (Å²) >= 11 is 2.14. The molecular weight excluding hydrogens is 529 g/mol. The number of methoxy groups -OCH3 is 1. The maximum atomic E-state index is 12.5. The second-order valence-corrected chi connectivity index (χ2v) is 8.11. The molecule has 0 atom stereocenters. The van der Waals surface area contributed by atoms with Gasteiger partial charge in [-0.1, -0.05) is 36.4 Å². The standard InChI is InChI=1S/C26H20IN3O3/c1-32-23-9-6-18(7-10-23)16-30-26(31)22(15-29)12-19-8-11-25(24(27)13-19)33-17-21-5-3-2-4-20(21)14-28/h2-13H,16-17H2,1H3,(H,30,31)/b22-12-. The monoisotopic (exact) mass is 549 g/mol. The molecule has 0 bridgehead atoms. The Bertz CT molecular complexity index is 1260. The van der Waals surface area contributed by atoms with E-state index in [9.17, 15) is 15.3 Å². The molecule has 0 saturated carbocycles. The molecule has 0 aliphatic carbocycles. The molecule has 3 aromatic rings. The van der Waals surface area contributed by atoms with Gasteiger partial charge in [-0.05, 0) is 70.1 Å². The van der Waals surface area contributed by atoms with Crippen molar-refractivity contribution in [3.05, 3.63) is 98.1 Å². The molecule has 164 valence electrons.